The third kappa shape index (κ3) is 2.49. The highest BCUT2D eigenvalue weighted by Crippen LogP contribution is 2.20. The third-order valence-corrected chi connectivity index (χ3v) is 3.97. The second-order valence-corrected chi connectivity index (χ2v) is 5.40. The van der Waals surface area contributed by atoms with Crippen LogP contribution in [-0.4, -0.2) is 29.0 Å². The van der Waals surface area contributed by atoms with Crippen LogP contribution in [0.4, 0.5) is 0 Å². The summed E-state index contributed by atoms with van der Waals surface area (Å²) in [5.74, 6) is 0. The molecular weight excluding hydrogens is 226 g/mol. The van der Waals surface area contributed by atoms with Crippen molar-refractivity contribution in [1.82, 2.24) is 15.2 Å². The van der Waals surface area contributed by atoms with Gasteiger partial charge in [-0.2, -0.15) is 0 Å². The van der Waals surface area contributed by atoms with Crippen LogP contribution in [0.15, 0.2) is 10.9 Å². The molecule has 0 atom stereocenters. The van der Waals surface area contributed by atoms with Crippen LogP contribution < -0.4 is 10.9 Å². The Bertz CT molecular complexity index is 490. The number of aromatic nitrogens is 1. The number of fused-ring (bicyclic) bond motifs is 1. The van der Waals surface area contributed by atoms with Gasteiger partial charge in [-0.15, -0.1) is 0 Å². The van der Waals surface area contributed by atoms with E-state index in [2.05, 4.69) is 28.2 Å². The maximum atomic E-state index is 12.0. The SMILES string of the molecule is CCN1CCc2[nH]c(=O)c(CNC3CC3)cc2C1. The molecule has 0 saturated heterocycles. The maximum Gasteiger partial charge on any atom is 0.252 e. The van der Waals surface area contributed by atoms with Crippen LogP contribution in [0.25, 0.3) is 0 Å². The molecule has 0 unspecified atom stereocenters. The molecule has 18 heavy (non-hydrogen) atoms. The lowest BCUT2D eigenvalue weighted by molar-refractivity contribution is 0.265. The van der Waals surface area contributed by atoms with Gasteiger partial charge in [0.05, 0.1) is 0 Å². The average Bonchev–Trinajstić information content (AvgIpc) is 3.20. The zero-order valence-electron chi connectivity index (χ0n) is 11.0. The second-order valence-electron chi connectivity index (χ2n) is 5.40. The Balaban J connectivity index is 1.80. The summed E-state index contributed by atoms with van der Waals surface area (Å²) in [7, 11) is 0. The minimum atomic E-state index is 0.0897. The van der Waals surface area contributed by atoms with Gasteiger partial charge in [0.15, 0.2) is 0 Å². The van der Waals surface area contributed by atoms with Gasteiger partial charge >= 0.3 is 0 Å². The summed E-state index contributed by atoms with van der Waals surface area (Å²) in [4.78, 5) is 17.4. The minimum Gasteiger partial charge on any atom is -0.326 e. The molecule has 2 aliphatic rings. The Kier molecular flexibility index (Phi) is 3.22. The van der Waals surface area contributed by atoms with Gasteiger partial charge in [-0.25, -0.2) is 0 Å². The summed E-state index contributed by atoms with van der Waals surface area (Å²) in [6.45, 7) is 6.00. The van der Waals surface area contributed by atoms with E-state index in [4.69, 9.17) is 0 Å². The predicted octanol–water partition coefficient (Wildman–Crippen LogP) is 1.00. The van der Waals surface area contributed by atoms with Gasteiger partial charge in [0.25, 0.3) is 5.56 Å². The van der Waals surface area contributed by atoms with Gasteiger partial charge in [0, 0.05) is 43.4 Å². The van der Waals surface area contributed by atoms with E-state index in [9.17, 15) is 4.79 Å². The fraction of sp³-hybridized carbons (Fsp3) is 0.643. The smallest absolute Gasteiger partial charge is 0.252 e. The number of H-pyrrole nitrogens is 1. The Morgan fingerprint density at radius 1 is 1.50 bits per heavy atom. The van der Waals surface area contributed by atoms with Crippen LogP contribution in [0.2, 0.25) is 0 Å². The van der Waals surface area contributed by atoms with Crippen molar-refractivity contribution in [3.8, 4) is 0 Å². The monoisotopic (exact) mass is 247 g/mol. The molecule has 1 aromatic heterocycles. The van der Waals surface area contributed by atoms with E-state index in [1.165, 1.54) is 18.4 Å². The molecule has 1 aliphatic carbocycles. The summed E-state index contributed by atoms with van der Waals surface area (Å²) >= 11 is 0. The highest BCUT2D eigenvalue weighted by molar-refractivity contribution is 5.27. The molecule has 0 bridgehead atoms. The number of nitrogens with one attached hydrogen (secondary N) is 2. The van der Waals surface area contributed by atoms with E-state index < -0.39 is 0 Å². The van der Waals surface area contributed by atoms with Gasteiger partial charge in [0.2, 0.25) is 0 Å². The summed E-state index contributed by atoms with van der Waals surface area (Å²) in [5, 5.41) is 3.41. The standard InChI is InChI=1S/C14H21N3O/c1-2-17-6-5-13-11(9-17)7-10(14(18)16-13)8-15-12-3-4-12/h7,12,15H,2-6,8-9H2,1H3,(H,16,18). The van der Waals surface area contributed by atoms with Crippen LogP contribution in [0.3, 0.4) is 0 Å². The summed E-state index contributed by atoms with van der Waals surface area (Å²) in [6.07, 6.45) is 3.48. The van der Waals surface area contributed by atoms with Gasteiger partial charge in [-0.1, -0.05) is 6.92 Å². The van der Waals surface area contributed by atoms with Crippen molar-refractivity contribution in [2.24, 2.45) is 0 Å². The van der Waals surface area contributed by atoms with Gasteiger partial charge in [-0.05, 0) is 31.0 Å². The zero-order valence-corrected chi connectivity index (χ0v) is 11.0. The Morgan fingerprint density at radius 2 is 2.33 bits per heavy atom. The number of pyridine rings is 1. The molecule has 4 nitrogen and oxygen atoms in total. The second kappa shape index (κ2) is 4.86. The lowest BCUT2D eigenvalue weighted by Crippen LogP contribution is -2.33. The lowest BCUT2D eigenvalue weighted by Gasteiger charge is -2.27. The molecule has 0 amide bonds. The molecule has 2 N–H and O–H groups in total. The van der Waals surface area contributed by atoms with Crippen LogP contribution in [-0.2, 0) is 19.5 Å². The van der Waals surface area contributed by atoms with Crippen molar-refractivity contribution in [3.05, 3.63) is 33.2 Å². The van der Waals surface area contributed by atoms with E-state index in [1.807, 2.05) is 0 Å². The number of aromatic amines is 1. The summed E-state index contributed by atoms with van der Waals surface area (Å²) in [5.41, 5.74) is 3.42. The van der Waals surface area contributed by atoms with Crippen molar-refractivity contribution in [1.29, 1.82) is 0 Å². The molecular formula is C14H21N3O. The highest BCUT2D eigenvalue weighted by Gasteiger charge is 2.21. The number of likely N-dealkylation sites (N-methyl/N-ethyl adjacent to an activating group) is 1. The lowest BCUT2D eigenvalue weighted by atomic mass is 10.0. The topological polar surface area (TPSA) is 48.1 Å². The zero-order chi connectivity index (χ0) is 12.5. The maximum absolute atomic E-state index is 12.0. The van der Waals surface area contributed by atoms with E-state index in [0.29, 0.717) is 12.6 Å². The van der Waals surface area contributed by atoms with Crippen LogP contribution in [0.5, 0.6) is 0 Å². The largest absolute Gasteiger partial charge is 0.326 e. The van der Waals surface area contributed by atoms with E-state index >= 15 is 0 Å². The molecule has 3 rings (SSSR count). The van der Waals surface area contributed by atoms with E-state index in [-0.39, 0.29) is 5.56 Å². The molecule has 0 radical (unpaired) electrons. The van der Waals surface area contributed by atoms with E-state index in [0.717, 1.165) is 37.3 Å². The fourth-order valence-corrected chi connectivity index (χ4v) is 2.56. The Hall–Kier alpha value is -1.13. The number of hydrogen-bond donors (Lipinski definition) is 2. The molecule has 1 saturated carbocycles. The first kappa shape index (κ1) is 11.9. The number of nitrogens with zero attached hydrogens (tertiary/aromatic N) is 1. The molecule has 0 spiro atoms. The van der Waals surface area contributed by atoms with Crippen molar-refractivity contribution in [2.75, 3.05) is 13.1 Å². The summed E-state index contributed by atoms with van der Waals surface area (Å²) < 4.78 is 0. The van der Waals surface area contributed by atoms with Crippen molar-refractivity contribution < 1.29 is 0 Å². The molecule has 0 aromatic carbocycles. The molecule has 98 valence electrons. The molecule has 1 aliphatic heterocycles. The predicted molar refractivity (Wildman–Crippen MR) is 71.6 cm³/mol. The van der Waals surface area contributed by atoms with Crippen molar-refractivity contribution in [3.63, 3.8) is 0 Å². The first-order valence-electron chi connectivity index (χ1n) is 6.96. The Labute approximate surface area is 107 Å². The normalized spacial score (nSPS) is 19.8. The molecule has 2 heterocycles. The minimum absolute atomic E-state index is 0.0897. The van der Waals surface area contributed by atoms with Crippen molar-refractivity contribution >= 4 is 0 Å². The van der Waals surface area contributed by atoms with Crippen molar-refractivity contribution in [2.45, 2.75) is 45.3 Å². The average molecular weight is 247 g/mol. The number of hydrogen-bond acceptors (Lipinski definition) is 3. The Morgan fingerprint density at radius 3 is 3.06 bits per heavy atom. The third-order valence-electron chi connectivity index (χ3n) is 3.97. The first-order chi connectivity index (χ1) is 8.76. The van der Waals surface area contributed by atoms with E-state index in [1.54, 1.807) is 0 Å². The first-order valence-corrected chi connectivity index (χ1v) is 6.96. The van der Waals surface area contributed by atoms with Gasteiger partial charge in [-0.3, -0.25) is 9.69 Å². The highest BCUT2D eigenvalue weighted by atomic mass is 16.1. The number of rotatable bonds is 4. The molecule has 1 fully saturated rings. The van der Waals surface area contributed by atoms with Crippen LogP contribution in [0.1, 0.15) is 36.6 Å². The quantitative estimate of drug-likeness (QED) is 0.834. The summed E-state index contributed by atoms with van der Waals surface area (Å²) in [6, 6.07) is 2.75. The fourth-order valence-electron chi connectivity index (χ4n) is 2.56. The van der Waals surface area contributed by atoms with Gasteiger partial charge < -0.3 is 10.3 Å². The molecule has 1 aromatic rings. The molecule has 4 heteroatoms. The van der Waals surface area contributed by atoms with Crippen LogP contribution in [0, 0.1) is 0 Å². The van der Waals surface area contributed by atoms with Crippen LogP contribution >= 0.6 is 0 Å². The van der Waals surface area contributed by atoms with Gasteiger partial charge in [0.1, 0.15) is 0 Å².